The first kappa shape index (κ1) is 17.9. The second-order valence-electron chi connectivity index (χ2n) is 6.86. The summed E-state index contributed by atoms with van der Waals surface area (Å²) in [6.07, 6.45) is 5.99. The predicted molar refractivity (Wildman–Crippen MR) is 100 cm³/mol. The van der Waals surface area contributed by atoms with Gasteiger partial charge in [0, 0.05) is 25.0 Å². The molecule has 3 heterocycles. The number of nitrogens with one attached hydrogen (secondary N) is 1. The molecule has 1 N–H and O–H groups in total. The Morgan fingerprint density at radius 1 is 1.30 bits per heavy atom. The summed E-state index contributed by atoms with van der Waals surface area (Å²) < 4.78 is 34.0. The Hall–Kier alpha value is -2.45. The molecule has 7 nitrogen and oxygen atoms in total. The van der Waals surface area contributed by atoms with Crippen LogP contribution in [-0.2, 0) is 14.8 Å². The van der Waals surface area contributed by atoms with Crippen molar-refractivity contribution in [1.29, 1.82) is 0 Å². The van der Waals surface area contributed by atoms with E-state index in [2.05, 4.69) is 10.3 Å². The van der Waals surface area contributed by atoms with E-state index in [0.717, 1.165) is 24.8 Å². The highest BCUT2D eigenvalue weighted by atomic mass is 32.2. The summed E-state index contributed by atoms with van der Waals surface area (Å²) in [5.41, 5.74) is 1.99. The van der Waals surface area contributed by atoms with Gasteiger partial charge in [-0.05, 0) is 43.0 Å². The number of amides is 1. The van der Waals surface area contributed by atoms with E-state index in [9.17, 15) is 13.2 Å². The van der Waals surface area contributed by atoms with Gasteiger partial charge < -0.3 is 10.1 Å². The Morgan fingerprint density at radius 2 is 2.15 bits per heavy atom. The van der Waals surface area contributed by atoms with Crippen LogP contribution in [0.4, 0.5) is 5.69 Å². The number of pyridine rings is 1. The van der Waals surface area contributed by atoms with Crippen LogP contribution in [0.3, 0.4) is 0 Å². The molecule has 0 spiro atoms. The van der Waals surface area contributed by atoms with Crippen molar-refractivity contribution in [2.45, 2.75) is 37.1 Å². The van der Waals surface area contributed by atoms with E-state index >= 15 is 0 Å². The van der Waals surface area contributed by atoms with Gasteiger partial charge in [-0.25, -0.2) is 8.42 Å². The smallest absolute Gasteiger partial charge is 0.262 e. The number of nitrogens with zero attached hydrogens (tertiary/aromatic N) is 2. The molecule has 1 atom stereocenters. The van der Waals surface area contributed by atoms with Crippen LogP contribution in [0.15, 0.2) is 41.6 Å². The first-order valence-corrected chi connectivity index (χ1v) is 10.4. The van der Waals surface area contributed by atoms with E-state index in [4.69, 9.17) is 4.74 Å². The van der Waals surface area contributed by atoms with Crippen molar-refractivity contribution >= 4 is 21.6 Å². The molecule has 1 fully saturated rings. The third-order valence-electron chi connectivity index (χ3n) is 5.02. The lowest BCUT2D eigenvalue weighted by molar-refractivity contribution is -0.118. The molecule has 2 aromatic rings. The molecule has 8 heteroatoms. The zero-order valence-electron chi connectivity index (χ0n) is 15.0. The molecule has 27 heavy (non-hydrogen) atoms. The second-order valence-corrected chi connectivity index (χ2v) is 8.72. The van der Waals surface area contributed by atoms with Crippen molar-refractivity contribution < 1.29 is 17.9 Å². The first-order chi connectivity index (χ1) is 13.0. The van der Waals surface area contributed by atoms with Gasteiger partial charge in [-0.15, -0.1) is 0 Å². The van der Waals surface area contributed by atoms with Gasteiger partial charge in [0.1, 0.15) is 5.75 Å². The number of carbonyl (C=O) groups excluding carboxylic acids is 1. The Labute approximate surface area is 158 Å². The first-order valence-electron chi connectivity index (χ1n) is 8.96. The summed E-state index contributed by atoms with van der Waals surface area (Å²) in [5.74, 6) is 0.138. The molecule has 1 saturated heterocycles. The Bertz CT molecular complexity index is 976. The minimum absolute atomic E-state index is 0.114. The highest BCUT2D eigenvalue weighted by Crippen LogP contribution is 2.39. The number of sulfonamides is 1. The molecule has 1 amide bonds. The Kier molecular flexibility index (Phi) is 4.61. The van der Waals surface area contributed by atoms with E-state index in [1.165, 1.54) is 6.07 Å². The van der Waals surface area contributed by atoms with Crippen LogP contribution in [0, 0.1) is 6.92 Å². The largest absolute Gasteiger partial charge is 0.482 e. The fraction of sp³-hybridized carbons (Fsp3) is 0.368. The van der Waals surface area contributed by atoms with Gasteiger partial charge in [0.2, 0.25) is 10.0 Å². The third kappa shape index (κ3) is 3.30. The molecule has 0 saturated carbocycles. The number of fused-ring (bicyclic) bond motifs is 1. The number of hydrogen-bond donors (Lipinski definition) is 1. The summed E-state index contributed by atoms with van der Waals surface area (Å²) in [6.45, 7) is 2.09. The number of carbonyl (C=O) groups is 1. The average Bonchev–Trinajstić information content (AvgIpc) is 2.68. The number of piperidine rings is 1. The SMILES string of the molecule is Cc1cc2c(cc1S(=O)(=O)N1CCCCC1c1cccnc1)OCC(=O)N2. The molecule has 0 bridgehead atoms. The zero-order chi connectivity index (χ0) is 19.0. The number of ether oxygens (including phenoxy) is 1. The number of aryl methyl sites for hydroxylation is 1. The van der Waals surface area contributed by atoms with Crippen LogP contribution in [0.25, 0.3) is 0 Å². The van der Waals surface area contributed by atoms with Crippen molar-refractivity contribution in [2.24, 2.45) is 0 Å². The summed E-state index contributed by atoms with van der Waals surface area (Å²) in [6, 6.07) is 6.70. The van der Waals surface area contributed by atoms with Gasteiger partial charge in [0.15, 0.2) is 6.61 Å². The summed E-state index contributed by atoms with van der Waals surface area (Å²) in [7, 11) is -3.72. The molecule has 0 radical (unpaired) electrons. The number of anilines is 1. The fourth-order valence-electron chi connectivity index (χ4n) is 3.72. The maximum Gasteiger partial charge on any atom is 0.262 e. The highest BCUT2D eigenvalue weighted by molar-refractivity contribution is 7.89. The quantitative estimate of drug-likeness (QED) is 0.875. The van der Waals surface area contributed by atoms with E-state index in [1.54, 1.807) is 29.7 Å². The lowest BCUT2D eigenvalue weighted by atomic mass is 9.99. The standard InChI is InChI=1S/C19H21N3O4S/c1-13-9-15-17(26-12-19(23)21-15)10-18(13)27(24,25)22-8-3-2-6-16(22)14-5-4-7-20-11-14/h4-5,7,9-11,16H,2-3,6,8,12H2,1H3,(H,21,23). The Morgan fingerprint density at radius 3 is 2.93 bits per heavy atom. The monoisotopic (exact) mass is 387 g/mol. The molecule has 0 aliphatic carbocycles. The predicted octanol–water partition coefficient (Wildman–Crippen LogP) is 2.64. The van der Waals surface area contributed by atoms with E-state index < -0.39 is 10.0 Å². The lowest BCUT2D eigenvalue weighted by Crippen LogP contribution is -2.39. The summed E-state index contributed by atoms with van der Waals surface area (Å²) in [5, 5.41) is 2.71. The number of rotatable bonds is 3. The van der Waals surface area contributed by atoms with Gasteiger partial charge in [0.05, 0.1) is 16.6 Å². The Balaban J connectivity index is 1.75. The fourth-order valence-corrected chi connectivity index (χ4v) is 5.63. The van der Waals surface area contributed by atoms with Gasteiger partial charge in [-0.1, -0.05) is 12.5 Å². The summed E-state index contributed by atoms with van der Waals surface area (Å²) >= 11 is 0. The van der Waals surface area contributed by atoms with Gasteiger partial charge in [-0.2, -0.15) is 4.31 Å². The van der Waals surface area contributed by atoms with Gasteiger partial charge in [0.25, 0.3) is 5.91 Å². The third-order valence-corrected chi connectivity index (χ3v) is 7.07. The van der Waals surface area contributed by atoms with Crippen LogP contribution >= 0.6 is 0 Å². The van der Waals surface area contributed by atoms with Gasteiger partial charge in [-0.3, -0.25) is 9.78 Å². The van der Waals surface area contributed by atoms with Crippen LogP contribution in [0.5, 0.6) is 5.75 Å². The number of aromatic nitrogens is 1. The molecule has 1 aromatic heterocycles. The van der Waals surface area contributed by atoms with E-state index in [1.807, 2.05) is 12.1 Å². The van der Waals surface area contributed by atoms with Crippen molar-refractivity contribution in [1.82, 2.24) is 9.29 Å². The molecular weight excluding hydrogens is 366 g/mol. The average molecular weight is 387 g/mol. The van der Waals surface area contributed by atoms with Crippen LogP contribution < -0.4 is 10.1 Å². The second kappa shape index (κ2) is 6.94. The number of benzene rings is 1. The molecule has 2 aliphatic rings. The van der Waals surface area contributed by atoms with Crippen molar-refractivity contribution in [3.8, 4) is 5.75 Å². The normalized spacial score (nSPS) is 20.5. The van der Waals surface area contributed by atoms with E-state index in [-0.39, 0.29) is 23.5 Å². The zero-order valence-corrected chi connectivity index (χ0v) is 15.8. The van der Waals surface area contributed by atoms with Crippen molar-refractivity contribution in [3.63, 3.8) is 0 Å². The summed E-state index contributed by atoms with van der Waals surface area (Å²) in [4.78, 5) is 15.9. The molecule has 2 aliphatic heterocycles. The molecular formula is C19H21N3O4S. The number of hydrogen-bond acceptors (Lipinski definition) is 5. The minimum Gasteiger partial charge on any atom is -0.482 e. The van der Waals surface area contributed by atoms with E-state index in [0.29, 0.717) is 23.5 Å². The van der Waals surface area contributed by atoms with Crippen molar-refractivity contribution in [3.05, 3.63) is 47.8 Å². The minimum atomic E-state index is -3.72. The molecule has 1 aromatic carbocycles. The van der Waals surface area contributed by atoms with Crippen LogP contribution in [0.2, 0.25) is 0 Å². The maximum atomic E-state index is 13.5. The molecule has 1 unspecified atom stereocenters. The van der Waals surface area contributed by atoms with Crippen molar-refractivity contribution in [2.75, 3.05) is 18.5 Å². The van der Waals surface area contributed by atoms with Gasteiger partial charge >= 0.3 is 0 Å². The molecule has 4 rings (SSSR count). The topological polar surface area (TPSA) is 88.6 Å². The lowest BCUT2D eigenvalue weighted by Gasteiger charge is -2.35. The maximum absolute atomic E-state index is 13.5. The van der Waals surface area contributed by atoms with Crippen LogP contribution in [-0.4, -0.2) is 36.8 Å². The van der Waals surface area contributed by atoms with Crippen LogP contribution in [0.1, 0.15) is 36.4 Å². The highest BCUT2D eigenvalue weighted by Gasteiger charge is 2.36. The molecule has 142 valence electrons.